The minimum atomic E-state index is -1.87. The molecule has 3 heteroatoms. The van der Waals surface area contributed by atoms with E-state index in [0.717, 1.165) is 19.0 Å². The summed E-state index contributed by atoms with van der Waals surface area (Å²) in [7, 11) is -1.87. The largest absolute Gasteiger partial charge is 1.00 e. The van der Waals surface area contributed by atoms with Gasteiger partial charge in [-0.3, -0.25) is 0 Å². The highest BCUT2D eigenvalue weighted by atomic mass is 79.9. The van der Waals surface area contributed by atoms with Gasteiger partial charge in [0, 0.05) is 0 Å². The Hall–Kier alpha value is -2.77. The molecule has 0 fully saturated rings. The molecule has 0 amide bonds. The first-order valence-corrected chi connectivity index (χ1v) is 16.3. The van der Waals surface area contributed by atoms with E-state index in [1.165, 1.54) is 38.2 Å². The van der Waals surface area contributed by atoms with Crippen LogP contribution in [0.25, 0.3) is 0 Å². The van der Waals surface area contributed by atoms with Gasteiger partial charge in [0.05, 0.1) is 12.3 Å². The first kappa shape index (κ1) is 32.7. The van der Waals surface area contributed by atoms with Gasteiger partial charge in [-0.1, -0.05) is 116 Å². The van der Waals surface area contributed by atoms with Crippen LogP contribution < -0.4 is 32.9 Å². The molecule has 0 aliphatic heterocycles. The standard InChI is InChI=1S/C38H44OP.BrH/c1-30(24-25-37-32(3)28-33(39)29-38(37,4)5)16-15-17-31(2)26-27-40(34-18-9-6-10-19-34,35-20-11-7-12-21-35)36-22-13-8-14-23-36;/h6-26,33,39H,27-29H2,1-5H3;1H/q+1;/p-1/t33-;/m1./s1. The van der Waals surface area contributed by atoms with Gasteiger partial charge in [0.15, 0.2) is 0 Å². The molecule has 1 aliphatic carbocycles. The lowest BCUT2D eigenvalue weighted by Gasteiger charge is -2.35. The third kappa shape index (κ3) is 8.16. The van der Waals surface area contributed by atoms with Gasteiger partial charge in [-0.25, -0.2) is 0 Å². The molecule has 1 aliphatic rings. The minimum absolute atomic E-state index is 0. The Kier molecular flexibility index (Phi) is 11.9. The van der Waals surface area contributed by atoms with Gasteiger partial charge in [0.2, 0.25) is 0 Å². The van der Waals surface area contributed by atoms with Gasteiger partial charge < -0.3 is 22.1 Å². The molecule has 4 rings (SSSR count). The third-order valence-corrected chi connectivity index (χ3v) is 12.3. The predicted octanol–water partition coefficient (Wildman–Crippen LogP) is 5.49. The maximum absolute atomic E-state index is 10.2. The molecule has 0 saturated heterocycles. The molecule has 0 saturated carbocycles. The van der Waals surface area contributed by atoms with Gasteiger partial charge in [-0.05, 0) is 87.1 Å². The molecule has 0 aromatic heterocycles. The monoisotopic (exact) mass is 626 g/mol. The van der Waals surface area contributed by atoms with Crippen molar-refractivity contribution in [2.24, 2.45) is 5.41 Å². The fourth-order valence-corrected chi connectivity index (χ4v) is 10.1. The highest BCUT2D eigenvalue weighted by molar-refractivity contribution is 7.95. The second-order valence-corrected chi connectivity index (χ2v) is 15.2. The molecule has 0 unspecified atom stereocenters. The second-order valence-electron chi connectivity index (χ2n) is 11.7. The Morgan fingerprint density at radius 1 is 0.805 bits per heavy atom. The number of hydrogen-bond donors (Lipinski definition) is 1. The van der Waals surface area contributed by atoms with Crippen LogP contribution in [0, 0.1) is 5.41 Å². The number of rotatable bonds is 9. The fraction of sp³-hybridized carbons (Fsp3) is 0.263. The van der Waals surface area contributed by atoms with Gasteiger partial charge >= 0.3 is 0 Å². The highest BCUT2D eigenvalue weighted by Crippen LogP contribution is 2.55. The zero-order chi connectivity index (χ0) is 28.6. The SMILES string of the molecule is CC(C=CC1=C(C)C[C@@H](O)CC1(C)C)=CC=CC(C)=CC[P+](c1ccccc1)(c1ccccc1)c1ccccc1.[Br-]. The molecule has 1 atom stereocenters. The van der Waals surface area contributed by atoms with Crippen LogP contribution in [0.5, 0.6) is 0 Å². The number of halogens is 1. The summed E-state index contributed by atoms with van der Waals surface area (Å²) in [6, 6.07) is 33.1. The summed E-state index contributed by atoms with van der Waals surface area (Å²) in [5.41, 5.74) is 5.13. The maximum Gasteiger partial charge on any atom is 0.115 e. The van der Waals surface area contributed by atoms with Crippen molar-refractivity contribution in [1.82, 2.24) is 0 Å². The average Bonchev–Trinajstić information content (AvgIpc) is 2.94. The fourth-order valence-electron chi connectivity index (χ4n) is 5.96. The molecule has 0 heterocycles. The molecular formula is C38H44BrOP. The molecule has 214 valence electrons. The van der Waals surface area contributed by atoms with E-state index in [1.54, 1.807) is 0 Å². The zero-order valence-electron chi connectivity index (χ0n) is 25.1. The van der Waals surface area contributed by atoms with Crippen LogP contribution in [0.15, 0.2) is 150 Å². The summed E-state index contributed by atoms with van der Waals surface area (Å²) in [4.78, 5) is 0. The smallest absolute Gasteiger partial charge is 0.115 e. The second kappa shape index (κ2) is 14.9. The summed E-state index contributed by atoms with van der Waals surface area (Å²) in [5.74, 6) is 0. The molecule has 0 radical (unpaired) electrons. The maximum atomic E-state index is 10.2. The lowest BCUT2D eigenvalue weighted by atomic mass is 9.71. The number of benzene rings is 3. The molecular weight excluding hydrogens is 583 g/mol. The van der Waals surface area contributed by atoms with Crippen LogP contribution in [0.2, 0.25) is 0 Å². The Balaban J connectivity index is 0.00000462. The van der Waals surface area contributed by atoms with Gasteiger partial charge in [0.25, 0.3) is 0 Å². The Labute approximate surface area is 259 Å². The van der Waals surface area contributed by atoms with E-state index in [2.05, 4.69) is 162 Å². The summed E-state index contributed by atoms with van der Waals surface area (Å²) in [5, 5.41) is 14.4. The topological polar surface area (TPSA) is 20.2 Å². The molecule has 0 bridgehead atoms. The predicted molar refractivity (Wildman–Crippen MR) is 178 cm³/mol. The Bertz CT molecular complexity index is 1320. The zero-order valence-corrected chi connectivity index (χ0v) is 27.6. The van der Waals surface area contributed by atoms with E-state index in [0.29, 0.717) is 0 Å². The van der Waals surface area contributed by atoms with Crippen molar-refractivity contribution in [1.29, 1.82) is 0 Å². The van der Waals surface area contributed by atoms with Gasteiger partial charge in [0.1, 0.15) is 23.2 Å². The van der Waals surface area contributed by atoms with Crippen LogP contribution in [0.1, 0.15) is 47.5 Å². The number of aliphatic hydroxyl groups excluding tert-OH is 1. The summed E-state index contributed by atoms with van der Waals surface area (Å²) in [6.45, 7) is 11.0. The van der Waals surface area contributed by atoms with Crippen molar-refractivity contribution in [3.63, 3.8) is 0 Å². The van der Waals surface area contributed by atoms with Crippen LogP contribution in [0.4, 0.5) is 0 Å². The number of aliphatic hydroxyl groups is 1. The third-order valence-electron chi connectivity index (χ3n) is 7.99. The normalized spacial score (nSPS) is 18.1. The first-order valence-electron chi connectivity index (χ1n) is 14.4. The van der Waals surface area contributed by atoms with Crippen LogP contribution in [-0.4, -0.2) is 17.4 Å². The van der Waals surface area contributed by atoms with E-state index in [1.807, 2.05) is 0 Å². The van der Waals surface area contributed by atoms with Crippen LogP contribution in [-0.2, 0) is 0 Å². The highest BCUT2D eigenvalue weighted by Gasteiger charge is 2.44. The molecule has 3 aromatic carbocycles. The molecule has 1 N–H and O–H groups in total. The lowest BCUT2D eigenvalue weighted by molar-refractivity contribution is -0.0000127. The average molecular weight is 628 g/mol. The van der Waals surface area contributed by atoms with E-state index < -0.39 is 7.26 Å². The van der Waals surface area contributed by atoms with E-state index in [-0.39, 0.29) is 28.5 Å². The Morgan fingerprint density at radius 2 is 1.29 bits per heavy atom. The van der Waals surface area contributed by atoms with Gasteiger partial charge in [-0.15, -0.1) is 0 Å². The number of allylic oxidation sites excluding steroid dienone is 9. The van der Waals surface area contributed by atoms with Crippen LogP contribution in [0.3, 0.4) is 0 Å². The van der Waals surface area contributed by atoms with Crippen molar-refractivity contribution in [3.05, 3.63) is 150 Å². The quantitative estimate of drug-likeness (QED) is 0.246. The first-order chi connectivity index (χ1) is 19.2. The molecule has 1 nitrogen and oxygen atoms in total. The summed E-state index contributed by atoms with van der Waals surface area (Å²) in [6.07, 6.45) is 15.8. The van der Waals surface area contributed by atoms with Gasteiger partial charge in [-0.2, -0.15) is 0 Å². The van der Waals surface area contributed by atoms with Crippen molar-refractivity contribution in [3.8, 4) is 0 Å². The van der Waals surface area contributed by atoms with Crippen LogP contribution >= 0.6 is 7.26 Å². The molecule has 41 heavy (non-hydrogen) atoms. The molecule has 0 spiro atoms. The lowest BCUT2D eigenvalue weighted by Crippen LogP contribution is -3.00. The van der Waals surface area contributed by atoms with E-state index in [4.69, 9.17) is 0 Å². The minimum Gasteiger partial charge on any atom is -1.00 e. The molecule has 3 aromatic rings. The van der Waals surface area contributed by atoms with Crippen molar-refractivity contribution in [2.45, 2.75) is 53.6 Å². The van der Waals surface area contributed by atoms with Crippen molar-refractivity contribution >= 4 is 23.2 Å². The van der Waals surface area contributed by atoms with E-state index >= 15 is 0 Å². The summed E-state index contributed by atoms with van der Waals surface area (Å²) >= 11 is 0. The van der Waals surface area contributed by atoms with Crippen molar-refractivity contribution in [2.75, 3.05) is 6.16 Å². The van der Waals surface area contributed by atoms with Crippen molar-refractivity contribution < 1.29 is 22.1 Å². The van der Waals surface area contributed by atoms with E-state index in [9.17, 15) is 5.11 Å². The number of hydrogen-bond acceptors (Lipinski definition) is 1. The Morgan fingerprint density at radius 3 is 1.76 bits per heavy atom. The summed E-state index contributed by atoms with van der Waals surface area (Å²) < 4.78 is 0.